The lowest BCUT2D eigenvalue weighted by molar-refractivity contribution is 0.0512. The minimum absolute atomic E-state index is 0.0595. The molecule has 2 aromatic heterocycles. The Hall–Kier alpha value is -2.44. The van der Waals surface area contributed by atoms with Crippen molar-refractivity contribution in [2.45, 2.75) is 6.92 Å². The molecule has 88 valence electrons. The van der Waals surface area contributed by atoms with E-state index in [1.54, 1.807) is 19.2 Å². The molecule has 2 rings (SSSR count). The Bertz CT molecular complexity index is 537. The molecule has 0 bridgehead atoms. The van der Waals surface area contributed by atoms with Gasteiger partial charge in [-0.15, -0.1) is 0 Å². The average Bonchev–Trinajstić information content (AvgIpc) is 2.78. The number of H-pyrrole nitrogens is 1. The van der Waals surface area contributed by atoms with E-state index in [-0.39, 0.29) is 12.4 Å². The number of carbonyl (C=O) groups excluding carboxylic acids is 1. The van der Waals surface area contributed by atoms with E-state index in [2.05, 4.69) is 20.2 Å². The van der Waals surface area contributed by atoms with Crippen LogP contribution in [0.15, 0.2) is 18.5 Å². The molecular formula is C10H11N5O2. The molecule has 2 aromatic rings. The largest absolute Gasteiger partial charge is 0.460 e. The number of anilines is 1. The number of nitrogens with two attached hydrogens (primary N) is 1. The third kappa shape index (κ3) is 2.39. The van der Waals surface area contributed by atoms with E-state index in [0.717, 1.165) is 0 Å². The molecule has 0 saturated carbocycles. The lowest BCUT2D eigenvalue weighted by Gasteiger charge is -1.96. The quantitative estimate of drug-likeness (QED) is 0.753. The molecule has 0 unspecified atom stereocenters. The van der Waals surface area contributed by atoms with Gasteiger partial charge in [-0.1, -0.05) is 0 Å². The van der Waals surface area contributed by atoms with Crippen LogP contribution in [0.4, 0.5) is 5.69 Å². The van der Waals surface area contributed by atoms with Gasteiger partial charge in [-0.25, -0.2) is 9.78 Å². The summed E-state index contributed by atoms with van der Waals surface area (Å²) >= 11 is 0. The van der Waals surface area contributed by atoms with Crippen molar-refractivity contribution < 1.29 is 9.53 Å². The number of aromatic amines is 1. The van der Waals surface area contributed by atoms with E-state index in [1.165, 1.54) is 6.20 Å². The highest BCUT2D eigenvalue weighted by Crippen LogP contribution is 2.15. The maximum atomic E-state index is 11.4. The maximum absolute atomic E-state index is 11.4. The van der Waals surface area contributed by atoms with Gasteiger partial charge in [-0.3, -0.25) is 10.1 Å². The first kappa shape index (κ1) is 11.1. The molecule has 0 aliphatic carbocycles. The number of hydrogen-bond donors (Lipinski definition) is 2. The number of rotatable bonds is 3. The molecule has 0 amide bonds. The summed E-state index contributed by atoms with van der Waals surface area (Å²) in [7, 11) is 0. The van der Waals surface area contributed by atoms with Crippen LogP contribution in [0.3, 0.4) is 0 Å². The Morgan fingerprint density at radius 2 is 2.35 bits per heavy atom. The van der Waals surface area contributed by atoms with Gasteiger partial charge in [0, 0.05) is 18.0 Å². The molecule has 7 nitrogen and oxygen atoms in total. The third-order valence-corrected chi connectivity index (χ3v) is 1.97. The van der Waals surface area contributed by atoms with Crippen LogP contribution >= 0.6 is 0 Å². The van der Waals surface area contributed by atoms with Crippen LogP contribution in [0.1, 0.15) is 17.5 Å². The number of nitrogens with zero attached hydrogens (tertiary/aromatic N) is 3. The van der Waals surface area contributed by atoms with Crippen molar-refractivity contribution in [3.8, 4) is 11.4 Å². The molecule has 0 atom stereocenters. The zero-order valence-electron chi connectivity index (χ0n) is 9.17. The summed E-state index contributed by atoms with van der Waals surface area (Å²) in [5.74, 6) is -0.125. The van der Waals surface area contributed by atoms with Crippen LogP contribution in [0, 0.1) is 0 Å². The van der Waals surface area contributed by atoms with Gasteiger partial charge < -0.3 is 10.5 Å². The molecule has 3 N–H and O–H groups in total. The normalized spacial score (nSPS) is 10.2. The number of carbonyl (C=O) groups is 1. The van der Waals surface area contributed by atoms with E-state index in [1.807, 2.05) is 0 Å². The fourth-order valence-electron chi connectivity index (χ4n) is 1.26. The summed E-state index contributed by atoms with van der Waals surface area (Å²) in [6, 6.07) is 1.67. The Labute approximate surface area is 97.0 Å². The van der Waals surface area contributed by atoms with Crippen LogP contribution in [0.25, 0.3) is 11.4 Å². The summed E-state index contributed by atoms with van der Waals surface area (Å²) in [6.07, 6.45) is 3.08. The Morgan fingerprint density at radius 3 is 3.06 bits per heavy atom. The molecule has 17 heavy (non-hydrogen) atoms. The summed E-state index contributed by atoms with van der Waals surface area (Å²) in [5, 5.41) is 6.40. The van der Waals surface area contributed by atoms with E-state index in [4.69, 9.17) is 10.5 Å². The van der Waals surface area contributed by atoms with Crippen molar-refractivity contribution in [3.63, 3.8) is 0 Å². The highest BCUT2D eigenvalue weighted by molar-refractivity contribution is 5.85. The summed E-state index contributed by atoms with van der Waals surface area (Å²) in [5.41, 5.74) is 6.73. The zero-order chi connectivity index (χ0) is 12.3. The number of esters is 1. The van der Waals surface area contributed by atoms with E-state index in [9.17, 15) is 4.79 Å². The van der Waals surface area contributed by atoms with Gasteiger partial charge in [-0.2, -0.15) is 5.10 Å². The second-order valence-corrected chi connectivity index (χ2v) is 3.24. The van der Waals surface area contributed by atoms with E-state index in [0.29, 0.717) is 17.1 Å². The minimum Gasteiger partial charge on any atom is -0.460 e. The average molecular weight is 233 g/mol. The monoisotopic (exact) mass is 233 g/mol. The molecule has 0 fully saturated rings. The summed E-state index contributed by atoms with van der Waals surface area (Å²) in [4.78, 5) is 19.3. The molecule has 0 saturated heterocycles. The van der Waals surface area contributed by atoms with Crippen molar-refractivity contribution in [1.82, 2.24) is 20.2 Å². The van der Waals surface area contributed by atoms with Crippen molar-refractivity contribution in [2.75, 3.05) is 12.3 Å². The number of hydrogen-bond acceptors (Lipinski definition) is 6. The Balaban J connectivity index is 2.27. The van der Waals surface area contributed by atoms with Crippen molar-refractivity contribution in [2.24, 2.45) is 0 Å². The third-order valence-electron chi connectivity index (χ3n) is 1.97. The zero-order valence-corrected chi connectivity index (χ0v) is 9.17. The minimum atomic E-state index is -0.539. The maximum Gasteiger partial charge on any atom is 0.375 e. The van der Waals surface area contributed by atoms with E-state index >= 15 is 0 Å². The smallest absolute Gasteiger partial charge is 0.375 e. The lowest BCUT2D eigenvalue weighted by Crippen LogP contribution is -2.06. The van der Waals surface area contributed by atoms with E-state index < -0.39 is 5.97 Å². The molecular weight excluding hydrogens is 222 g/mol. The van der Waals surface area contributed by atoms with Crippen molar-refractivity contribution >= 4 is 11.7 Å². The Kier molecular flexibility index (Phi) is 2.99. The molecule has 7 heteroatoms. The van der Waals surface area contributed by atoms with Gasteiger partial charge in [0.1, 0.15) is 0 Å². The fourth-order valence-corrected chi connectivity index (χ4v) is 1.26. The topological polar surface area (TPSA) is 107 Å². The number of aromatic nitrogens is 4. The highest BCUT2D eigenvalue weighted by atomic mass is 16.5. The molecule has 0 spiro atoms. The van der Waals surface area contributed by atoms with Gasteiger partial charge in [0.05, 0.1) is 12.3 Å². The molecule has 0 aliphatic rings. The second kappa shape index (κ2) is 4.60. The molecule has 0 aromatic carbocycles. The Morgan fingerprint density at radius 1 is 1.53 bits per heavy atom. The van der Waals surface area contributed by atoms with Crippen LogP contribution in [-0.2, 0) is 4.74 Å². The fraction of sp³-hybridized carbons (Fsp3) is 0.200. The molecule has 0 aliphatic heterocycles. The number of ether oxygens (including phenoxy) is 1. The summed E-state index contributed by atoms with van der Waals surface area (Å²) < 4.78 is 4.79. The summed E-state index contributed by atoms with van der Waals surface area (Å²) in [6.45, 7) is 2.01. The first-order chi connectivity index (χ1) is 8.20. The standard InChI is InChI=1S/C10H11N5O2/c1-2-17-10(16)9-13-8(14-15-9)6-3-7(11)5-12-4-6/h3-5H,2,11H2,1H3,(H,13,14,15). The van der Waals surface area contributed by atoms with Crippen LogP contribution < -0.4 is 5.73 Å². The first-order valence-electron chi connectivity index (χ1n) is 5.01. The van der Waals surface area contributed by atoms with Crippen LogP contribution in [-0.4, -0.2) is 32.7 Å². The van der Waals surface area contributed by atoms with Gasteiger partial charge >= 0.3 is 5.97 Å². The van der Waals surface area contributed by atoms with Crippen LogP contribution in [0.2, 0.25) is 0 Å². The lowest BCUT2D eigenvalue weighted by atomic mass is 10.2. The van der Waals surface area contributed by atoms with Gasteiger partial charge in [0.2, 0.25) is 5.82 Å². The highest BCUT2D eigenvalue weighted by Gasteiger charge is 2.13. The second-order valence-electron chi connectivity index (χ2n) is 3.24. The van der Waals surface area contributed by atoms with Gasteiger partial charge in [0.15, 0.2) is 5.82 Å². The van der Waals surface area contributed by atoms with Gasteiger partial charge in [-0.05, 0) is 13.0 Å². The number of nitrogen functional groups attached to an aromatic ring is 1. The molecule has 2 heterocycles. The van der Waals surface area contributed by atoms with Crippen LogP contribution in [0.5, 0.6) is 0 Å². The predicted octanol–water partition coefficient (Wildman–Crippen LogP) is 0.626. The van der Waals surface area contributed by atoms with Gasteiger partial charge in [0.25, 0.3) is 0 Å². The van der Waals surface area contributed by atoms with Crippen molar-refractivity contribution in [1.29, 1.82) is 0 Å². The number of pyridine rings is 1. The molecule has 0 radical (unpaired) electrons. The first-order valence-corrected chi connectivity index (χ1v) is 5.01. The van der Waals surface area contributed by atoms with Crippen molar-refractivity contribution in [3.05, 3.63) is 24.3 Å². The predicted molar refractivity (Wildman–Crippen MR) is 60.0 cm³/mol. The number of nitrogens with one attached hydrogen (secondary N) is 1. The SMILES string of the molecule is CCOC(=O)c1nc(-c2cncc(N)c2)n[nH]1.